The van der Waals surface area contributed by atoms with Crippen molar-refractivity contribution in [3.63, 3.8) is 0 Å². The van der Waals surface area contributed by atoms with E-state index in [-0.39, 0.29) is 17.4 Å². The normalized spacial score (nSPS) is 10.3. The number of hydrogen-bond donors (Lipinski definition) is 1. The molecule has 23 heavy (non-hydrogen) atoms. The van der Waals surface area contributed by atoms with Crippen molar-refractivity contribution in [1.29, 1.82) is 0 Å². The largest absolute Gasteiger partial charge is 0.493 e. The molecule has 0 aliphatic heterocycles. The maximum atomic E-state index is 13.1. The van der Waals surface area contributed by atoms with Crippen molar-refractivity contribution in [1.82, 2.24) is 0 Å². The second-order valence-electron chi connectivity index (χ2n) is 4.87. The molecule has 122 valence electrons. The van der Waals surface area contributed by atoms with Crippen LogP contribution < -0.4 is 14.8 Å². The van der Waals surface area contributed by atoms with Crippen LogP contribution in [-0.2, 0) is 11.2 Å². The van der Waals surface area contributed by atoms with Gasteiger partial charge in [-0.3, -0.25) is 4.79 Å². The lowest BCUT2D eigenvalue weighted by Gasteiger charge is -2.10. The number of carbonyl (C=O) groups is 1. The lowest BCUT2D eigenvalue weighted by Crippen LogP contribution is -2.12. The van der Waals surface area contributed by atoms with E-state index < -0.39 is 5.82 Å². The summed E-state index contributed by atoms with van der Waals surface area (Å²) in [6.07, 6.45) is 0.825. The number of ether oxygens (including phenoxy) is 2. The van der Waals surface area contributed by atoms with E-state index in [9.17, 15) is 9.18 Å². The molecule has 2 aromatic carbocycles. The zero-order valence-corrected chi connectivity index (χ0v) is 13.6. The topological polar surface area (TPSA) is 47.6 Å². The maximum absolute atomic E-state index is 13.1. The fraction of sp³-hybridized carbons (Fsp3) is 0.235. The van der Waals surface area contributed by atoms with Crippen molar-refractivity contribution in [2.24, 2.45) is 0 Å². The summed E-state index contributed by atoms with van der Waals surface area (Å²) >= 11 is 5.68. The van der Waals surface area contributed by atoms with Gasteiger partial charge in [0.1, 0.15) is 5.82 Å². The molecule has 2 rings (SSSR count). The summed E-state index contributed by atoms with van der Waals surface area (Å²) < 4.78 is 23.5. The van der Waals surface area contributed by atoms with E-state index in [1.54, 1.807) is 20.3 Å². The van der Waals surface area contributed by atoms with Crippen LogP contribution in [0.25, 0.3) is 0 Å². The lowest BCUT2D eigenvalue weighted by atomic mass is 10.1. The summed E-state index contributed by atoms with van der Waals surface area (Å²) in [6.45, 7) is 0. The average Bonchev–Trinajstić information content (AvgIpc) is 2.56. The van der Waals surface area contributed by atoms with E-state index in [4.69, 9.17) is 21.1 Å². The van der Waals surface area contributed by atoms with Gasteiger partial charge in [-0.1, -0.05) is 17.7 Å². The fourth-order valence-electron chi connectivity index (χ4n) is 2.09. The predicted molar refractivity (Wildman–Crippen MR) is 87.9 cm³/mol. The minimum Gasteiger partial charge on any atom is -0.493 e. The van der Waals surface area contributed by atoms with Gasteiger partial charge < -0.3 is 14.8 Å². The molecule has 0 aliphatic rings. The Labute approximate surface area is 139 Å². The molecule has 0 atom stereocenters. The summed E-state index contributed by atoms with van der Waals surface area (Å²) in [5.74, 6) is 0.565. The minimum absolute atomic E-state index is 0.0253. The van der Waals surface area contributed by atoms with Gasteiger partial charge in [0.15, 0.2) is 11.5 Å². The molecule has 0 unspecified atom stereocenters. The van der Waals surface area contributed by atoms with Gasteiger partial charge in [0.25, 0.3) is 0 Å². The van der Waals surface area contributed by atoms with E-state index in [1.165, 1.54) is 18.2 Å². The Kier molecular flexibility index (Phi) is 5.82. The Hall–Kier alpha value is -2.27. The molecule has 0 aliphatic carbocycles. The zero-order chi connectivity index (χ0) is 16.8. The van der Waals surface area contributed by atoms with E-state index in [0.29, 0.717) is 23.6 Å². The highest BCUT2D eigenvalue weighted by Crippen LogP contribution is 2.28. The Bertz CT molecular complexity index is 706. The van der Waals surface area contributed by atoms with Crippen LogP contribution >= 0.6 is 11.6 Å². The van der Waals surface area contributed by atoms with Crippen LogP contribution in [0.4, 0.5) is 10.1 Å². The van der Waals surface area contributed by atoms with Gasteiger partial charge in [0.05, 0.1) is 19.2 Å². The van der Waals surface area contributed by atoms with Crippen LogP contribution in [0.3, 0.4) is 0 Å². The molecule has 1 amide bonds. The lowest BCUT2D eigenvalue weighted by molar-refractivity contribution is -0.116. The van der Waals surface area contributed by atoms with Crippen molar-refractivity contribution < 1.29 is 18.7 Å². The van der Waals surface area contributed by atoms with Gasteiger partial charge in [-0.05, 0) is 42.3 Å². The van der Waals surface area contributed by atoms with Crippen molar-refractivity contribution >= 4 is 23.2 Å². The van der Waals surface area contributed by atoms with Crippen LogP contribution in [0.15, 0.2) is 36.4 Å². The highest BCUT2D eigenvalue weighted by molar-refractivity contribution is 6.31. The number of anilines is 1. The molecule has 2 aromatic rings. The van der Waals surface area contributed by atoms with E-state index in [2.05, 4.69) is 5.32 Å². The third kappa shape index (κ3) is 4.60. The first-order chi connectivity index (χ1) is 11.0. The van der Waals surface area contributed by atoms with Gasteiger partial charge in [-0.2, -0.15) is 0 Å². The van der Waals surface area contributed by atoms with Crippen LogP contribution in [0, 0.1) is 5.82 Å². The van der Waals surface area contributed by atoms with Crippen molar-refractivity contribution in [3.05, 3.63) is 52.8 Å². The molecular formula is C17H17ClFNO3. The molecule has 0 saturated heterocycles. The summed E-state index contributed by atoms with van der Waals surface area (Å²) in [5.41, 5.74) is 1.42. The molecule has 0 fully saturated rings. The predicted octanol–water partition coefficient (Wildman–Crippen LogP) is 4.07. The molecular weight excluding hydrogens is 321 g/mol. The van der Waals surface area contributed by atoms with Gasteiger partial charge in [0, 0.05) is 12.1 Å². The SMILES string of the molecule is COc1ccc(CCC(=O)Nc2ccc(F)c(Cl)c2)cc1OC. The number of halogens is 2. The average molecular weight is 338 g/mol. The number of nitrogens with one attached hydrogen (secondary N) is 1. The standard InChI is InChI=1S/C17H17ClFNO3/c1-22-15-7-3-11(9-16(15)23-2)4-8-17(21)20-12-5-6-14(19)13(18)10-12/h3,5-7,9-10H,4,8H2,1-2H3,(H,20,21). The van der Waals surface area contributed by atoms with Crippen molar-refractivity contribution in [2.45, 2.75) is 12.8 Å². The number of rotatable bonds is 6. The Morgan fingerprint density at radius 2 is 1.87 bits per heavy atom. The monoisotopic (exact) mass is 337 g/mol. The second kappa shape index (κ2) is 7.83. The first-order valence-electron chi connectivity index (χ1n) is 6.99. The molecule has 0 aromatic heterocycles. The molecule has 1 N–H and O–H groups in total. The number of methoxy groups -OCH3 is 2. The van der Waals surface area contributed by atoms with Gasteiger partial charge in [-0.15, -0.1) is 0 Å². The van der Waals surface area contributed by atoms with Crippen molar-refractivity contribution in [3.8, 4) is 11.5 Å². The molecule has 0 spiro atoms. The van der Waals surface area contributed by atoms with Crippen molar-refractivity contribution in [2.75, 3.05) is 19.5 Å². The molecule has 0 heterocycles. The summed E-state index contributed by atoms with van der Waals surface area (Å²) in [6, 6.07) is 9.57. The number of amides is 1. The third-order valence-electron chi connectivity index (χ3n) is 3.29. The minimum atomic E-state index is -0.519. The quantitative estimate of drug-likeness (QED) is 0.864. The Morgan fingerprint density at radius 3 is 2.52 bits per heavy atom. The summed E-state index contributed by atoms with van der Waals surface area (Å²) in [5, 5.41) is 2.66. The third-order valence-corrected chi connectivity index (χ3v) is 3.58. The van der Waals surface area contributed by atoms with E-state index in [1.807, 2.05) is 12.1 Å². The summed E-state index contributed by atoms with van der Waals surface area (Å²) in [7, 11) is 3.13. The number of aryl methyl sites for hydroxylation is 1. The Balaban J connectivity index is 1.95. The van der Waals surface area contributed by atoms with Gasteiger partial charge >= 0.3 is 0 Å². The van der Waals surface area contributed by atoms with Crippen LogP contribution in [0.2, 0.25) is 5.02 Å². The molecule has 0 saturated carbocycles. The molecule has 0 bridgehead atoms. The van der Waals surface area contributed by atoms with Gasteiger partial charge in [0.2, 0.25) is 5.91 Å². The molecule has 0 radical (unpaired) electrons. The van der Waals surface area contributed by atoms with E-state index in [0.717, 1.165) is 5.56 Å². The maximum Gasteiger partial charge on any atom is 0.224 e. The van der Waals surface area contributed by atoms with E-state index >= 15 is 0 Å². The molecule has 4 nitrogen and oxygen atoms in total. The highest BCUT2D eigenvalue weighted by atomic mass is 35.5. The second-order valence-corrected chi connectivity index (χ2v) is 5.27. The zero-order valence-electron chi connectivity index (χ0n) is 12.9. The fourth-order valence-corrected chi connectivity index (χ4v) is 2.27. The van der Waals surface area contributed by atoms with Crippen LogP contribution in [-0.4, -0.2) is 20.1 Å². The number of carbonyl (C=O) groups excluding carboxylic acids is 1. The molecule has 6 heteroatoms. The Morgan fingerprint density at radius 1 is 1.13 bits per heavy atom. The first kappa shape index (κ1) is 17.1. The van der Waals surface area contributed by atoms with Crippen LogP contribution in [0.5, 0.6) is 11.5 Å². The number of hydrogen-bond acceptors (Lipinski definition) is 3. The summed E-state index contributed by atoms with van der Waals surface area (Å²) in [4.78, 5) is 12.0. The smallest absolute Gasteiger partial charge is 0.224 e. The van der Waals surface area contributed by atoms with Crippen LogP contribution in [0.1, 0.15) is 12.0 Å². The number of benzene rings is 2. The van der Waals surface area contributed by atoms with Gasteiger partial charge in [-0.25, -0.2) is 4.39 Å². The highest BCUT2D eigenvalue weighted by Gasteiger charge is 2.08. The first-order valence-corrected chi connectivity index (χ1v) is 7.37.